The maximum atomic E-state index is 11.2. The quantitative estimate of drug-likeness (QED) is 0.315. The Kier molecular flexibility index (Phi) is 6.04. The number of amides is 1. The van der Waals surface area contributed by atoms with E-state index in [-0.39, 0.29) is 24.5 Å². The lowest BCUT2D eigenvalue weighted by Gasteiger charge is -2.31. The SMILES string of the molecule is C=C(C)C(=O)NC(C)[N+](C)(C)C.[Cl-]. The van der Waals surface area contributed by atoms with Crippen molar-refractivity contribution in [3.8, 4) is 0 Å². The Morgan fingerprint density at radius 3 is 2.00 bits per heavy atom. The Balaban J connectivity index is 0. The van der Waals surface area contributed by atoms with Crippen molar-refractivity contribution in [2.45, 2.75) is 20.0 Å². The molecule has 0 spiro atoms. The predicted molar refractivity (Wildman–Crippen MR) is 50.5 cm³/mol. The van der Waals surface area contributed by atoms with Gasteiger partial charge < -0.3 is 22.2 Å². The Labute approximate surface area is 86.8 Å². The molecule has 3 nitrogen and oxygen atoms in total. The summed E-state index contributed by atoms with van der Waals surface area (Å²) in [6.45, 7) is 7.25. The minimum Gasteiger partial charge on any atom is -1.00 e. The first-order chi connectivity index (χ1) is 5.25. The summed E-state index contributed by atoms with van der Waals surface area (Å²) in [5.74, 6) is -0.0736. The molecule has 1 atom stereocenters. The number of hydrogen-bond acceptors (Lipinski definition) is 1. The van der Waals surface area contributed by atoms with Gasteiger partial charge in [0.1, 0.15) is 0 Å². The highest BCUT2D eigenvalue weighted by Gasteiger charge is 2.19. The molecule has 4 heteroatoms. The summed E-state index contributed by atoms with van der Waals surface area (Å²) >= 11 is 0. The van der Waals surface area contributed by atoms with E-state index in [2.05, 4.69) is 11.9 Å². The number of nitrogens with zero attached hydrogens (tertiary/aromatic N) is 1. The number of carbonyl (C=O) groups is 1. The number of carbonyl (C=O) groups excluding carboxylic acids is 1. The fraction of sp³-hybridized carbons (Fsp3) is 0.667. The van der Waals surface area contributed by atoms with E-state index < -0.39 is 0 Å². The Hall–Kier alpha value is -0.540. The lowest BCUT2D eigenvalue weighted by atomic mass is 10.3. The van der Waals surface area contributed by atoms with Crippen LogP contribution in [0.4, 0.5) is 0 Å². The molecule has 0 saturated heterocycles. The van der Waals surface area contributed by atoms with Crippen LogP contribution in [0, 0.1) is 0 Å². The highest BCUT2D eigenvalue weighted by atomic mass is 35.5. The molecule has 0 radical (unpaired) electrons. The maximum absolute atomic E-state index is 11.2. The highest BCUT2D eigenvalue weighted by molar-refractivity contribution is 5.92. The normalized spacial score (nSPS) is 12.7. The molecule has 0 heterocycles. The Morgan fingerprint density at radius 1 is 1.38 bits per heavy atom. The number of hydrogen-bond donors (Lipinski definition) is 1. The van der Waals surface area contributed by atoms with Crippen molar-refractivity contribution in [3.05, 3.63) is 12.2 Å². The van der Waals surface area contributed by atoms with Crippen LogP contribution in [0.3, 0.4) is 0 Å². The minimum atomic E-state index is -0.0736. The van der Waals surface area contributed by atoms with Gasteiger partial charge in [0.15, 0.2) is 6.17 Å². The molecule has 0 rings (SSSR count). The van der Waals surface area contributed by atoms with Crippen molar-refractivity contribution >= 4 is 5.91 Å². The second kappa shape index (κ2) is 5.25. The highest BCUT2D eigenvalue weighted by Crippen LogP contribution is 1.99. The second-order valence-corrected chi connectivity index (χ2v) is 4.05. The molecule has 0 saturated carbocycles. The third-order valence-corrected chi connectivity index (χ3v) is 1.89. The molecule has 0 aliphatic rings. The van der Waals surface area contributed by atoms with Gasteiger partial charge in [-0.15, -0.1) is 0 Å². The molecule has 0 bridgehead atoms. The van der Waals surface area contributed by atoms with Gasteiger partial charge in [-0.2, -0.15) is 0 Å². The lowest BCUT2D eigenvalue weighted by Crippen LogP contribution is -3.00. The van der Waals surface area contributed by atoms with Crippen molar-refractivity contribution in [2.24, 2.45) is 0 Å². The molecule has 0 aliphatic heterocycles. The topological polar surface area (TPSA) is 29.1 Å². The lowest BCUT2D eigenvalue weighted by molar-refractivity contribution is -0.896. The standard InChI is InChI=1S/C9H18N2O.ClH/c1-7(2)9(12)10-8(3)11(4,5)6;/h8H,1H2,2-6H3;1H. The summed E-state index contributed by atoms with van der Waals surface area (Å²) in [5.41, 5.74) is 0.551. The van der Waals surface area contributed by atoms with E-state index in [9.17, 15) is 4.79 Å². The minimum absolute atomic E-state index is 0. The summed E-state index contributed by atoms with van der Waals surface area (Å²) in [7, 11) is 6.09. The molecule has 0 aromatic heterocycles. The Bertz CT molecular complexity index is 196. The van der Waals surface area contributed by atoms with Crippen LogP contribution in [0.15, 0.2) is 12.2 Å². The van der Waals surface area contributed by atoms with Gasteiger partial charge in [0.25, 0.3) is 5.91 Å². The zero-order valence-corrected chi connectivity index (χ0v) is 9.77. The van der Waals surface area contributed by atoms with Crippen molar-refractivity contribution in [1.82, 2.24) is 5.32 Å². The van der Waals surface area contributed by atoms with E-state index in [0.717, 1.165) is 0 Å². The van der Waals surface area contributed by atoms with Crippen LogP contribution in [0.25, 0.3) is 0 Å². The van der Waals surface area contributed by atoms with E-state index in [1.54, 1.807) is 6.92 Å². The molecule has 0 aromatic rings. The molecule has 78 valence electrons. The second-order valence-electron chi connectivity index (χ2n) is 4.05. The van der Waals surface area contributed by atoms with Gasteiger partial charge >= 0.3 is 0 Å². The van der Waals surface area contributed by atoms with Crippen LogP contribution in [0.5, 0.6) is 0 Å². The van der Waals surface area contributed by atoms with Gasteiger partial charge in [0, 0.05) is 12.5 Å². The van der Waals surface area contributed by atoms with Crippen LogP contribution >= 0.6 is 0 Å². The molecule has 0 aliphatic carbocycles. The molecule has 1 N–H and O–H groups in total. The summed E-state index contributed by atoms with van der Waals surface area (Å²) in [6, 6.07) is 0. The molecule has 1 amide bonds. The van der Waals surface area contributed by atoms with Gasteiger partial charge in [0.05, 0.1) is 21.1 Å². The van der Waals surface area contributed by atoms with Crippen molar-refractivity contribution in [1.29, 1.82) is 0 Å². The number of nitrogens with one attached hydrogen (secondary N) is 1. The summed E-state index contributed by atoms with van der Waals surface area (Å²) in [5, 5.41) is 2.85. The molecular formula is C9H19ClN2O. The Morgan fingerprint density at radius 2 is 1.77 bits per heavy atom. The van der Waals surface area contributed by atoms with E-state index in [1.807, 2.05) is 28.1 Å². The van der Waals surface area contributed by atoms with Gasteiger partial charge in [-0.05, 0) is 6.92 Å². The molecule has 0 aromatic carbocycles. The van der Waals surface area contributed by atoms with Crippen LogP contribution < -0.4 is 17.7 Å². The van der Waals surface area contributed by atoms with Crippen molar-refractivity contribution < 1.29 is 21.7 Å². The molecular weight excluding hydrogens is 188 g/mol. The third-order valence-electron chi connectivity index (χ3n) is 1.89. The van der Waals surface area contributed by atoms with E-state index in [4.69, 9.17) is 0 Å². The van der Waals surface area contributed by atoms with Gasteiger partial charge in [-0.3, -0.25) is 4.79 Å². The van der Waals surface area contributed by atoms with Crippen LogP contribution in [0.2, 0.25) is 0 Å². The predicted octanol–water partition coefficient (Wildman–Crippen LogP) is -2.27. The molecule has 0 fully saturated rings. The van der Waals surface area contributed by atoms with E-state index >= 15 is 0 Å². The number of quaternary nitrogens is 1. The first-order valence-electron chi connectivity index (χ1n) is 4.02. The van der Waals surface area contributed by atoms with Crippen molar-refractivity contribution in [3.63, 3.8) is 0 Å². The fourth-order valence-corrected chi connectivity index (χ4v) is 0.507. The summed E-state index contributed by atoms with van der Waals surface area (Å²) < 4.78 is 0.707. The van der Waals surface area contributed by atoms with Gasteiger partial charge in [-0.25, -0.2) is 0 Å². The average molecular weight is 207 g/mol. The maximum Gasteiger partial charge on any atom is 0.250 e. The third kappa shape index (κ3) is 5.66. The zero-order valence-electron chi connectivity index (χ0n) is 9.02. The van der Waals surface area contributed by atoms with Crippen LogP contribution in [-0.4, -0.2) is 37.7 Å². The largest absolute Gasteiger partial charge is 1.00 e. The molecule has 13 heavy (non-hydrogen) atoms. The fourth-order valence-electron chi connectivity index (χ4n) is 0.507. The monoisotopic (exact) mass is 206 g/mol. The first kappa shape index (κ1) is 15.0. The van der Waals surface area contributed by atoms with Crippen LogP contribution in [0.1, 0.15) is 13.8 Å². The van der Waals surface area contributed by atoms with E-state index in [1.165, 1.54) is 0 Å². The van der Waals surface area contributed by atoms with Gasteiger partial charge in [-0.1, -0.05) is 6.58 Å². The summed E-state index contributed by atoms with van der Waals surface area (Å²) in [6.07, 6.45) is 0.106. The first-order valence-corrected chi connectivity index (χ1v) is 4.02. The van der Waals surface area contributed by atoms with Crippen molar-refractivity contribution in [2.75, 3.05) is 21.1 Å². The average Bonchev–Trinajstić information content (AvgIpc) is 1.85. The van der Waals surface area contributed by atoms with Gasteiger partial charge in [0.2, 0.25) is 0 Å². The van der Waals surface area contributed by atoms with Crippen LogP contribution in [-0.2, 0) is 4.79 Å². The zero-order chi connectivity index (χ0) is 9.94. The number of halogens is 1. The smallest absolute Gasteiger partial charge is 0.250 e. The molecule has 1 unspecified atom stereocenters. The number of rotatable bonds is 3. The summed E-state index contributed by atoms with van der Waals surface area (Å²) in [4.78, 5) is 11.2. The van der Waals surface area contributed by atoms with E-state index in [0.29, 0.717) is 10.1 Å².